The molecule has 84 valence electrons. The van der Waals surface area contributed by atoms with Gasteiger partial charge in [-0.1, -0.05) is 50.6 Å². The smallest absolute Gasteiger partial charge is 0.0565 e. The van der Waals surface area contributed by atoms with E-state index in [1.54, 1.807) is 0 Å². The Morgan fingerprint density at radius 3 is 2.47 bits per heavy atom. The molecular weight excluding hydrogens is 184 g/mol. The minimum absolute atomic E-state index is 0.126. The molecular formula is C14H22O. The lowest BCUT2D eigenvalue weighted by Crippen LogP contribution is -2.16. The topological polar surface area (TPSA) is 20.2 Å². The van der Waals surface area contributed by atoms with E-state index in [-0.39, 0.29) is 6.10 Å². The summed E-state index contributed by atoms with van der Waals surface area (Å²) in [6.45, 7) is 4.25. The van der Waals surface area contributed by atoms with Crippen LogP contribution in [0.15, 0.2) is 30.3 Å². The average Bonchev–Trinajstić information content (AvgIpc) is 2.29. The second-order valence-corrected chi connectivity index (χ2v) is 4.33. The lowest BCUT2D eigenvalue weighted by atomic mass is 9.96. The van der Waals surface area contributed by atoms with Crippen LogP contribution in [0.25, 0.3) is 0 Å². The molecule has 0 aliphatic carbocycles. The SMILES string of the molecule is CCC(C)C(O)CCCc1ccccc1. The van der Waals surface area contributed by atoms with Crippen molar-refractivity contribution < 1.29 is 5.11 Å². The lowest BCUT2D eigenvalue weighted by molar-refractivity contribution is 0.103. The van der Waals surface area contributed by atoms with Crippen molar-refractivity contribution in [3.05, 3.63) is 35.9 Å². The summed E-state index contributed by atoms with van der Waals surface area (Å²) >= 11 is 0. The van der Waals surface area contributed by atoms with E-state index in [1.807, 2.05) is 6.07 Å². The van der Waals surface area contributed by atoms with Crippen molar-refractivity contribution in [2.45, 2.75) is 45.6 Å². The van der Waals surface area contributed by atoms with Crippen molar-refractivity contribution in [2.75, 3.05) is 0 Å². The molecule has 1 aromatic carbocycles. The standard InChI is InChI=1S/C14H22O/c1-3-12(2)14(15)11-7-10-13-8-5-4-6-9-13/h4-6,8-9,12,14-15H,3,7,10-11H2,1-2H3. The molecule has 0 fully saturated rings. The predicted octanol–water partition coefficient (Wildman–Crippen LogP) is 3.42. The van der Waals surface area contributed by atoms with Gasteiger partial charge in [0.15, 0.2) is 0 Å². The van der Waals surface area contributed by atoms with Crippen molar-refractivity contribution in [1.82, 2.24) is 0 Å². The van der Waals surface area contributed by atoms with Crippen LogP contribution in [-0.2, 0) is 6.42 Å². The number of hydrogen-bond donors (Lipinski definition) is 1. The maximum Gasteiger partial charge on any atom is 0.0565 e. The molecule has 0 aromatic heterocycles. The minimum atomic E-state index is -0.126. The van der Waals surface area contributed by atoms with Gasteiger partial charge < -0.3 is 5.11 Å². The van der Waals surface area contributed by atoms with Crippen LogP contribution in [-0.4, -0.2) is 11.2 Å². The number of aryl methyl sites for hydroxylation is 1. The van der Waals surface area contributed by atoms with E-state index in [1.165, 1.54) is 5.56 Å². The first-order chi connectivity index (χ1) is 7.24. The van der Waals surface area contributed by atoms with Gasteiger partial charge in [-0.05, 0) is 30.7 Å². The van der Waals surface area contributed by atoms with Crippen molar-refractivity contribution in [2.24, 2.45) is 5.92 Å². The predicted molar refractivity (Wildman–Crippen MR) is 64.8 cm³/mol. The summed E-state index contributed by atoms with van der Waals surface area (Å²) in [5, 5.41) is 9.80. The van der Waals surface area contributed by atoms with Gasteiger partial charge in [-0.15, -0.1) is 0 Å². The zero-order valence-corrected chi connectivity index (χ0v) is 9.82. The van der Waals surface area contributed by atoms with Gasteiger partial charge in [-0.25, -0.2) is 0 Å². The molecule has 0 amide bonds. The molecule has 15 heavy (non-hydrogen) atoms. The highest BCUT2D eigenvalue weighted by Crippen LogP contribution is 2.14. The summed E-state index contributed by atoms with van der Waals surface area (Å²) in [4.78, 5) is 0. The summed E-state index contributed by atoms with van der Waals surface area (Å²) in [6.07, 6.45) is 4.01. The van der Waals surface area contributed by atoms with E-state index in [9.17, 15) is 5.11 Å². The third-order valence-corrected chi connectivity index (χ3v) is 3.11. The Hall–Kier alpha value is -0.820. The van der Waals surface area contributed by atoms with E-state index in [4.69, 9.17) is 0 Å². The second kappa shape index (κ2) is 6.62. The maximum atomic E-state index is 9.80. The summed E-state index contributed by atoms with van der Waals surface area (Å²) < 4.78 is 0. The highest BCUT2D eigenvalue weighted by molar-refractivity contribution is 5.14. The number of aliphatic hydroxyl groups is 1. The molecule has 0 bridgehead atoms. The van der Waals surface area contributed by atoms with Crippen molar-refractivity contribution in [3.8, 4) is 0 Å². The number of aliphatic hydroxyl groups excluding tert-OH is 1. The Bertz CT molecular complexity index is 255. The normalized spacial score (nSPS) is 14.9. The molecule has 0 saturated heterocycles. The van der Waals surface area contributed by atoms with Gasteiger partial charge in [-0.3, -0.25) is 0 Å². The fraction of sp³-hybridized carbons (Fsp3) is 0.571. The van der Waals surface area contributed by atoms with E-state index >= 15 is 0 Å². The molecule has 0 saturated carbocycles. The monoisotopic (exact) mass is 206 g/mol. The first kappa shape index (κ1) is 12.3. The van der Waals surface area contributed by atoms with Crippen LogP contribution in [0.4, 0.5) is 0 Å². The summed E-state index contributed by atoms with van der Waals surface area (Å²) in [6, 6.07) is 10.5. The van der Waals surface area contributed by atoms with E-state index in [0.717, 1.165) is 25.7 Å². The summed E-state index contributed by atoms with van der Waals surface area (Å²) in [5.74, 6) is 0.431. The van der Waals surface area contributed by atoms with Crippen LogP contribution in [0.1, 0.15) is 38.7 Å². The molecule has 1 heteroatoms. The average molecular weight is 206 g/mol. The van der Waals surface area contributed by atoms with Crippen LogP contribution < -0.4 is 0 Å². The first-order valence-corrected chi connectivity index (χ1v) is 5.96. The van der Waals surface area contributed by atoms with Gasteiger partial charge in [-0.2, -0.15) is 0 Å². The maximum absolute atomic E-state index is 9.80. The third kappa shape index (κ3) is 4.48. The van der Waals surface area contributed by atoms with Crippen molar-refractivity contribution in [1.29, 1.82) is 0 Å². The van der Waals surface area contributed by atoms with E-state index < -0.39 is 0 Å². The Balaban J connectivity index is 2.22. The molecule has 2 unspecified atom stereocenters. The quantitative estimate of drug-likeness (QED) is 0.756. The zero-order chi connectivity index (χ0) is 11.1. The largest absolute Gasteiger partial charge is 0.393 e. The minimum Gasteiger partial charge on any atom is -0.393 e. The number of benzene rings is 1. The molecule has 0 aliphatic heterocycles. The molecule has 2 atom stereocenters. The van der Waals surface area contributed by atoms with Gasteiger partial charge in [0.05, 0.1) is 6.10 Å². The van der Waals surface area contributed by atoms with Gasteiger partial charge in [0.1, 0.15) is 0 Å². The van der Waals surface area contributed by atoms with Gasteiger partial charge in [0.25, 0.3) is 0 Å². The van der Waals surface area contributed by atoms with Gasteiger partial charge >= 0.3 is 0 Å². The zero-order valence-electron chi connectivity index (χ0n) is 9.82. The number of rotatable bonds is 6. The summed E-state index contributed by atoms with van der Waals surface area (Å²) in [5.41, 5.74) is 1.37. The Kier molecular flexibility index (Phi) is 5.41. The van der Waals surface area contributed by atoms with E-state index in [0.29, 0.717) is 5.92 Å². The van der Waals surface area contributed by atoms with Crippen LogP contribution >= 0.6 is 0 Å². The fourth-order valence-corrected chi connectivity index (χ4v) is 1.72. The third-order valence-electron chi connectivity index (χ3n) is 3.11. The van der Waals surface area contributed by atoms with Crippen LogP contribution in [0.2, 0.25) is 0 Å². The number of hydrogen-bond acceptors (Lipinski definition) is 1. The molecule has 0 spiro atoms. The molecule has 0 radical (unpaired) electrons. The molecule has 1 nitrogen and oxygen atoms in total. The van der Waals surface area contributed by atoms with E-state index in [2.05, 4.69) is 38.1 Å². The Morgan fingerprint density at radius 2 is 1.87 bits per heavy atom. The lowest BCUT2D eigenvalue weighted by Gasteiger charge is -2.16. The van der Waals surface area contributed by atoms with Gasteiger partial charge in [0.2, 0.25) is 0 Å². The molecule has 0 aliphatic rings. The summed E-state index contributed by atoms with van der Waals surface area (Å²) in [7, 11) is 0. The van der Waals surface area contributed by atoms with Crippen molar-refractivity contribution >= 4 is 0 Å². The van der Waals surface area contributed by atoms with Gasteiger partial charge in [0, 0.05) is 0 Å². The molecule has 1 N–H and O–H groups in total. The highest BCUT2D eigenvalue weighted by Gasteiger charge is 2.11. The van der Waals surface area contributed by atoms with Crippen LogP contribution in [0.5, 0.6) is 0 Å². The Labute approximate surface area is 93.1 Å². The highest BCUT2D eigenvalue weighted by atomic mass is 16.3. The Morgan fingerprint density at radius 1 is 1.20 bits per heavy atom. The second-order valence-electron chi connectivity index (χ2n) is 4.33. The van der Waals surface area contributed by atoms with Crippen LogP contribution in [0, 0.1) is 5.92 Å². The molecule has 1 rings (SSSR count). The van der Waals surface area contributed by atoms with Crippen molar-refractivity contribution in [3.63, 3.8) is 0 Å². The van der Waals surface area contributed by atoms with Crippen LogP contribution in [0.3, 0.4) is 0 Å². The first-order valence-electron chi connectivity index (χ1n) is 5.96. The molecule has 0 heterocycles. The molecule has 1 aromatic rings. The fourth-order valence-electron chi connectivity index (χ4n) is 1.72.